The van der Waals surface area contributed by atoms with Crippen LogP contribution in [-0.4, -0.2) is 53.3 Å². The molecule has 3 aliphatic heterocycles. The van der Waals surface area contributed by atoms with Gasteiger partial charge in [0.1, 0.15) is 0 Å². The number of aromatic nitrogens is 1. The Labute approximate surface area is 237 Å². The summed E-state index contributed by atoms with van der Waals surface area (Å²) in [5.74, 6) is 0.396. The molecule has 1 unspecified atom stereocenters. The fourth-order valence-electron chi connectivity index (χ4n) is 6.35. The molecule has 2 N–H and O–H groups in total. The molecule has 3 aromatic carbocycles. The summed E-state index contributed by atoms with van der Waals surface area (Å²) in [4.78, 5) is 32.7. The van der Waals surface area contributed by atoms with E-state index in [1.807, 2.05) is 59.5 Å². The fourth-order valence-corrected chi connectivity index (χ4v) is 6.35. The number of carboxylic acid groups (broad SMARTS) is 1. The number of para-hydroxylation sites is 1. The number of anilines is 1. The number of hydrogen-bond acceptors (Lipinski definition) is 5. The van der Waals surface area contributed by atoms with Gasteiger partial charge in [-0.1, -0.05) is 36.4 Å². The van der Waals surface area contributed by atoms with Crippen molar-refractivity contribution in [2.75, 3.05) is 31.3 Å². The average Bonchev–Trinajstić information content (AvgIpc) is 3.64. The number of carbonyl (C=O) groups excluding carboxylic acids is 1. The monoisotopic (exact) mass is 549 g/mol. The number of ether oxygens (including phenoxy) is 2. The lowest BCUT2D eigenvalue weighted by Gasteiger charge is -2.35. The van der Waals surface area contributed by atoms with Crippen LogP contribution >= 0.6 is 0 Å². The topological polar surface area (TPSA) is 95.1 Å². The number of aliphatic carboxylic acids is 1. The number of hydrogen-bond donors (Lipinski definition) is 2. The van der Waals surface area contributed by atoms with Crippen LogP contribution in [-0.2, 0) is 16.0 Å². The van der Waals surface area contributed by atoms with E-state index < -0.39 is 5.97 Å². The van der Waals surface area contributed by atoms with Gasteiger partial charge in [0.15, 0.2) is 11.5 Å². The Hall–Kier alpha value is -4.72. The van der Waals surface area contributed by atoms with E-state index in [9.17, 15) is 14.7 Å². The van der Waals surface area contributed by atoms with Gasteiger partial charge in [0.05, 0.1) is 12.0 Å². The number of amides is 1. The molecule has 8 nitrogen and oxygen atoms in total. The summed E-state index contributed by atoms with van der Waals surface area (Å²) in [6, 6.07) is 22.0. The Morgan fingerprint density at radius 1 is 0.927 bits per heavy atom. The van der Waals surface area contributed by atoms with Crippen molar-refractivity contribution in [3.05, 3.63) is 95.2 Å². The number of carboxylic acids is 1. The number of fused-ring (bicyclic) bond motifs is 4. The first-order chi connectivity index (χ1) is 20.0. The summed E-state index contributed by atoms with van der Waals surface area (Å²) in [6.45, 7) is 2.27. The molecule has 3 aliphatic rings. The van der Waals surface area contributed by atoms with Crippen molar-refractivity contribution in [3.63, 3.8) is 0 Å². The van der Waals surface area contributed by atoms with Crippen molar-refractivity contribution >= 4 is 34.5 Å². The van der Waals surface area contributed by atoms with Crippen LogP contribution in [0.4, 0.5) is 5.69 Å². The molecule has 1 fully saturated rings. The molecule has 7 rings (SSSR count). The highest BCUT2D eigenvalue weighted by Crippen LogP contribution is 2.42. The van der Waals surface area contributed by atoms with Crippen molar-refractivity contribution < 1.29 is 24.2 Å². The number of piperidine rings is 1. The summed E-state index contributed by atoms with van der Waals surface area (Å²) in [5, 5.41) is 10.5. The molecule has 0 saturated carbocycles. The van der Waals surface area contributed by atoms with Crippen molar-refractivity contribution in [2.24, 2.45) is 5.92 Å². The maximum Gasteiger partial charge on any atom is 0.306 e. The van der Waals surface area contributed by atoms with Gasteiger partial charge in [-0.3, -0.25) is 9.59 Å². The van der Waals surface area contributed by atoms with Gasteiger partial charge in [0.25, 0.3) is 0 Å². The molecule has 1 amide bonds. The van der Waals surface area contributed by atoms with Crippen LogP contribution in [0.15, 0.2) is 72.8 Å². The Morgan fingerprint density at radius 3 is 2.51 bits per heavy atom. The van der Waals surface area contributed by atoms with Crippen LogP contribution in [0.25, 0.3) is 17.0 Å². The standard InChI is InChI=1S/C33H31N3O5/c37-30(12-7-21-5-9-24(10-6-21)35-16-13-22(14-17-35)33(38)39)36-18-15-26-25-3-1-2-4-27(25)34-31(26)32(36)23-8-11-28-29(19-23)41-20-40-28/h1-12,19,22,32,34H,13-18,20H2,(H,38,39)/b12-7+. The van der Waals surface area contributed by atoms with Crippen molar-refractivity contribution in [3.8, 4) is 11.5 Å². The van der Waals surface area contributed by atoms with Gasteiger partial charge in [-0.05, 0) is 72.4 Å². The van der Waals surface area contributed by atoms with Gasteiger partial charge in [-0.2, -0.15) is 0 Å². The summed E-state index contributed by atoms with van der Waals surface area (Å²) < 4.78 is 11.2. The first kappa shape index (κ1) is 25.3. The third-order valence-corrected chi connectivity index (χ3v) is 8.55. The predicted octanol–water partition coefficient (Wildman–Crippen LogP) is 5.39. The van der Waals surface area contributed by atoms with Gasteiger partial charge >= 0.3 is 5.97 Å². The third-order valence-electron chi connectivity index (χ3n) is 8.55. The van der Waals surface area contributed by atoms with Gasteiger partial charge in [-0.15, -0.1) is 0 Å². The lowest BCUT2D eigenvalue weighted by molar-refractivity contribution is -0.142. The van der Waals surface area contributed by atoms with Crippen LogP contribution in [0.5, 0.6) is 11.5 Å². The molecule has 1 aromatic heterocycles. The summed E-state index contributed by atoms with van der Waals surface area (Å²) >= 11 is 0. The van der Waals surface area contributed by atoms with E-state index in [1.165, 1.54) is 10.9 Å². The molecule has 41 heavy (non-hydrogen) atoms. The van der Waals surface area contributed by atoms with Crippen molar-refractivity contribution in [1.29, 1.82) is 0 Å². The lowest BCUT2D eigenvalue weighted by Crippen LogP contribution is -2.39. The van der Waals surface area contributed by atoms with E-state index in [4.69, 9.17) is 9.47 Å². The van der Waals surface area contributed by atoms with Gasteiger partial charge in [-0.25, -0.2) is 0 Å². The number of benzene rings is 3. The molecule has 4 aromatic rings. The zero-order valence-electron chi connectivity index (χ0n) is 22.6. The van der Waals surface area contributed by atoms with Crippen LogP contribution in [0.2, 0.25) is 0 Å². The molecule has 1 atom stereocenters. The van der Waals surface area contributed by atoms with E-state index in [0.29, 0.717) is 30.9 Å². The normalized spacial score (nSPS) is 18.7. The number of nitrogens with zero attached hydrogens (tertiary/aromatic N) is 2. The minimum Gasteiger partial charge on any atom is -0.481 e. The number of rotatable bonds is 5. The minimum absolute atomic E-state index is 0.0585. The molecule has 4 heterocycles. The quantitative estimate of drug-likeness (QED) is 0.325. The maximum absolute atomic E-state index is 13.7. The Bertz CT molecular complexity index is 1650. The number of aromatic amines is 1. The van der Waals surface area contributed by atoms with E-state index in [0.717, 1.165) is 47.5 Å². The summed E-state index contributed by atoms with van der Waals surface area (Å²) in [5.41, 5.74) is 6.33. The Morgan fingerprint density at radius 2 is 1.71 bits per heavy atom. The van der Waals surface area contributed by atoms with Gasteiger partial charge in [0.2, 0.25) is 12.7 Å². The largest absolute Gasteiger partial charge is 0.481 e. The van der Waals surface area contributed by atoms with Crippen LogP contribution in [0.3, 0.4) is 0 Å². The SMILES string of the molecule is O=C(O)C1CCN(c2ccc(/C=C/C(=O)N3CCc4c([nH]c5ccccc45)C3c3ccc4c(c3)OCO4)cc2)CC1. The molecule has 0 spiro atoms. The zero-order chi connectivity index (χ0) is 27.9. The first-order valence-electron chi connectivity index (χ1n) is 14.1. The van der Waals surface area contributed by atoms with E-state index in [2.05, 4.69) is 28.1 Å². The zero-order valence-corrected chi connectivity index (χ0v) is 22.6. The molecular formula is C33H31N3O5. The highest BCUT2D eigenvalue weighted by atomic mass is 16.7. The molecule has 0 radical (unpaired) electrons. The summed E-state index contributed by atoms with van der Waals surface area (Å²) in [7, 11) is 0. The summed E-state index contributed by atoms with van der Waals surface area (Å²) in [6.07, 6.45) is 5.60. The third kappa shape index (κ3) is 4.69. The molecule has 0 aliphatic carbocycles. The van der Waals surface area contributed by atoms with E-state index in [1.54, 1.807) is 6.08 Å². The second kappa shape index (κ2) is 10.4. The van der Waals surface area contributed by atoms with Crippen LogP contribution in [0, 0.1) is 5.92 Å². The molecule has 208 valence electrons. The van der Waals surface area contributed by atoms with Crippen molar-refractivity contribution in [1.82, 2.24) is 9.88 Å². The predicted molar refractivity (Wildman–Crippen MR) is 156 cm³/mol. The fraction of sp³-hybridized carbons (Fsp3) is 0.273. The van der Waals surface area contributed by atoms with Gasteiger partial charge < -0.3 is 29.4 Å². The Kier molecular flexibility index (Phi) is 6.38. The van der Waals surface area contributed by atoms with Crippen LogP contribution < -0.4 is 14.4 Å². The second-order valence-electron chi connectivity index (χ2n) is 10.9. The first-order valence-corrected chi connectivity index (χ1v) is 14.1. The van der Waals surface area contributed by atoms with E-state index in [-0.39, 0.29) is 24.7 Å². The highest BCUT2D eigenvalue weighted by Gasteiger charge is 2.34. The Balaban J connectivity index is 1.13. The number of H-pyrrole nitrogens is 1. The highest BCUT2D eigenvalue weighted by molar-refractivity contribution is 5.93. The lowest BCUT2D eigenvalue weighted by atomic mass is 9.92. The molecular weight excluding hydrogens is 518 g/mol. The van der Waals surface area contributed by atoms with E-state index >= 15 is 0 Å². The molecule has 8 heteroatoms. The van der Waals surface area contributed by atoms with Crippen LogP contribution in [0.1, 0.15) is 41.3 Å². The second-order valence-corrected chi connectivity index (χ2v) is 10.9. The molecule has 1 saturated heterocycles. The minimum atomic E-state index is -0.704. The smallest absolute Gasteiger partial charge is 0.306 e. The van der Waals surface area contributed by atoms with Crippen molar-refractivity contribution in [2.45, 2.75) is 25.3 Å². The average molecular weight is 550 g/mol. The molecule has 0 bridgehead atoms. The maximum atomic E-state index is 13.7. The number of nitrogens with one attached hydrogen (secondary N) is 1. The van der Waals surface area contributed by atoms with Gasteiger partial charge in [0, 0.05) is 48.0 Å². The number of carbonyl (C=O) groups is 2.